The molecule has 1 aliphatic heterocycles. The van der Waals surface area contributed by atoms with Crippen molar-refractivity contribution in [2.24, 2.45) is 7.05 Å². The number of aromatic nitrogens is 4. The van der Waals surface area contributed by atoms with Crippen LogP contribution in [-0.2, 0) is 13.6 Å². The van der Waals surface area contributed by atoms with Crippen LogP contribution in [0.1, 0.15) is 22.2 Å². The maximum Gasteiger partial charge on any atom is 0.272 e. The molecular weight excluding hydrogens is 268 g/mol. The fourth-order valence-corrected chi connectivity index (χ4v) is 2.85. The topological polar surface area (TPSA) is 59.2 Å². The molecule has 0 unspecified atom stereocenters. The van der Waals surface area contributed by atoms with Gasteiger partial charge in [-0.25, -0.2) is 4.98 Å². The highest BCUT2D eigenvalue weighted by atomic mass is 16.2. The van der Waals surface area contributed by atoms with Gasteiger partial charge in [-0.1, -0.05) is 0 Å². The van der Waals surface area contributed by atoms with E-state index < -0.39 is 0 Å². The summed E-state index contributed by atoms with van der Waals surface area (Å²) in [5.74, 6) is 0.0196. The summed E-state index contributed by atoms with van der Waals surface area (Å²) in [7, 11) is 5.87. The Labute approximate surface area is 123 Å². The summed E-state index contributed by atoms with van der Waals surface area (Å²) in [5, 5.41) is 4.08. The van der Waals surface area contributed by atoms with Crippen LogP contribution in [0.25, 0.3) is 0 Å². The van der Waals surface area contributed by atoms with Gasteiger partial charge in [-0.05, 0) is 20.2 Å². The molecule has 2 aromatic heterocycles. The molecule has 0 bridgehead atoms. The number of fused-ring (bicyclic) bond motifs is 1. The molecule has 0 radical (unpaired) electrons. The quantitative estimate of drug-likeness (QED) is 0.819. The van der Waals surface area contributed by atoms with Crippen molar-refractivity contribution in [3.8, 4) is 0 Å². The van der Waals surface area contributed by atoms with Crippen molar-refractivity contribution in [1.29, 1.82) is 0 Å². The lowest BCUT2D eigenvalue weighted by Gasteiger charge is -2.35. The number of hydrogen-bond acceptors (Lipinski definition) is 4. The average Bonchev–Trinajstić information content (AvgIpc) is 3.05. The van der Waals surface area contributed by atoms with Crippen molar-refractivity contribution in [3.05, 3.63) is 36.2 Å². The van der Waals surface area contributed by atoms with E-state index >= 15 is 0 Å². The summed E-state index contributed by atoms with van der Waals surface area (Å²) in [6, 6.07) is 1.98. The Morgan fingerprint density at radius 1 is 1.48 bits per heavy atom. The number of imidazole rings is 1. The summed E-state index contributed by atoms with van der Waals surface area (Å²) in [4.78, 5) is 20.9. The van der Waals surface area contributed by atoms with Crippen LogP contribution >= 0.6 is 0 Å². The predicted octanol–water partition coefficient (Wildman–Crippen LogP) is 0.375. The zero-order chi connectivity index (χ0) is 15.0. The van der Waals surface area contributed by atoms with E-state index in [1.165, 1.54) is 0 Å². The maximum atomic E-state index is 12.7. The third-order valence-electron chi connectivity index (χ3n) is 3.83. The number of nitrogens with zero attached hydrogens (tertiary/aromatic N) is 6. The lowest BCUT2D eigenvalue weighted by molar-refractivity contribution is 0.0652. The molecule has 0 N–H and O–H groups in total. The van der Waals surface area contributed by atoms with Crippen LogP contribution in [0, 0.1) is 0 Å². The Morgan fingerprint density at radius 3 is 2.95 bits per heavy atom. The number of carbonyl (C=O) groups is 1. The molecule has 21 heavy (non-hydrogen) atoms. The van der Waals surface area contributed by atoms with Crippen molar-refractivity contribution in [1.82, 2.24) is 29.1 Å². The third kappa shape index (κ3) is 2.56. The SMILES string of the molecule is CN(C)C[C@H]1CN(C(=O)c2ccnn2C)Cc2cncn21. The first-order chi connectivity index (χ1) is 10.1. The lowest BCUT2D eigenvalue weighted by atomic mass is 10.1. The number of amides is 1. The van der Waals surface area contributed by atoms with Gasteiger partial charge in [-0.3, -0.25) is 9.48 Å². The van der Waals surface area contributed by atoms with Gasteiger partial charge in [0.1, 0.15) is 5.69 Å². The first-order valence-electron chi connectivity index (χ1n) is 6.99. The van der Waals surface area contributed by atoms with E-state index in [4.69, 9.17) is 0 Å². The predicted molar refractivity (Wildman–Crippen MR) is 77.8 cm³/mol. The Hall–Kier alpha value is -2.15. The van der Waals surface area contributed by atoms with Crippen molar-refractivity contribution >= 4 is 5.91 Å². The van der Waals surface area contributed by atoms with Gasteiger partial charge in [-0.2, -0.15) is 5.10 Å². The Morgan fingerprint density at radius 2 is 2.29 bits per heavy atom. The molecule has 3 rings (SSSR count). The second kappa shape index (κ2) is 5.33. The second-order valence-electron chi connectivity index (χ2n) is 5.73. The number of rotatable bonds is 3. The molecule has 7 nitrogen and oxygen atoms in total. The molecule has 7 heteroatoms. The lowest BCUT2D eigenvalue weighted by Crippen LogP contribution is -2.44. The molecule has 1 aliphatic rings. The molecule has 0 aliphatic carbocycles. The van der Waals surface area contributed by atoms with Gasteiger partial charge in [0.15, 0.2) is 0 Å². The van der Waals surface area contributed by atoms with Gasteiger partial charge < -0.3 is 14.4 Å². The summed E-state index contributed by atoms with van der Waals surface area (Å²) in [6.45, 7) is 2.15. The minimum absolute atomic E-state index is 0.0196. The molecule has 1 amide bonds. The van der Waals surface area contributed by atoms with Crippen LogP contribution in [-0.4, -0.2) is 62.2 Å². The minimum Gasteiger partial charge on any atom is -0.329 e. The first kappa shape index (κ1) is 13.8. The average molecular weight is 288 g/mol. The van der Waals surface area contributed by atoms with E-state index in [9.17, 15) is 4.79 Å². The Kier molecular flexibility index (Phi) is 3.50. The van der Waals surface area contributed by atoms with E-state index in [0.717, 1.165) is 12.2 Å². The van der Waals surface area contributed by atoms with Crippen LogP contribution in [0.3, 0.4) is 0 Å². The zero-order valence-corrected chi connectivity index (χ0v) is 12.6. The number of carbonyl (C=O) groups excluding carboxylic acids is 1. The van der Waals surface area contributed by atoms with Crippen molar-refractivity contribution < 1.29 is 4.79 Å². The molecule has 3 heterocycles. The van der Waals surface area contributed by atoms with Crippen molar-refractivity contribution in [3.63, 3.8) is 0 Å². The molecule has 0 spiro atoms. The van der Waals surface area contributed by atoms with Gasteiger partial charge in [0.05, 0.1) is 24.6 Å². The van der Waals surface area contributed by atoms with Crippen LogP contribution in [0.15, 0.2) is 24.8 Å². The summed E-state index contributed by atoms with van der Waals surface area (Å²) in [6.07, 6.45) is 5.35. The van der Waals surface area contributed by atoms with Gasteiger partial charge >= 0.3 is 0 Å². The smallest absolute Gasteiger partial charge is 0.272 e. The standard InChI is InChI=1S/C14H20N6O/c1-17(2)7-12-9-19(8-11-6-15-10-20(11)12)14(21)13-4-5-16-18(13)3/h4-6,10,12H,7-9H2,1-3H3/t12-/m0/s1. The van der Waals surface area contributed by atoms with E-state index in [0.29, 0.717) is 18.8 Å². The van der Waals surface area contributed by atoms with Crippen LogP contribution < -0.4 is 0 Å². The monoisotopic (exact) mass is 288 g/mol. The van der Waals surface area contributed by atoms with Gasteiger partial charge in [0.2, 0.25) is 0 Å². The van der Waals surface area contributed by atoms with E-state index in [1.807, 2.05) is 31.5 Å². The van der Waals surface area contributed by atoms with E-state index in [-0.39, 0.29) is 11.9 Å². The van der Waals surface area contributed by atoms with Gasteiger partial charge in [0, 0.05) is 32.5 Å². The number of hydrogen-bond donors (Lipinski definition) is 0. The van der Waals surface area contributed by atoms with Crippen molar-refractivity contribution in [2.75, 3.05) is 27.2 Å². The molecular formula is C14H20N6O. The van der Waals surface area contributed by atoms with Crippen LogP contribution in [0.5, 0.6) is 0 Å². The normalized spacial score (nSPS) is 18.1. The molecule has 0 fully saturated rings. The maximum absolute atomic E-state index is 12.7. The highest BCUT2D eigenvalue weighted by molar-refractivity contribution is 5.92. The van der Waals surface area contributed by atoms with Crippen LogP contribution in [0.4, 0.5) is 0 Å². The number of aryl methyl sites for hydroxylation is 1. The van der Waals surface area contributed by atoms with E-state index in [1.54, 1.807) is 24.0 Å². The minimum atomic E-state index is 0.0196. The highest BCUT2D eigenvalue weighted by Gasteiger charge is 2.29. The molecule has 1 atom stereocenters. The van der Waals surface area contributed by atoms with E-state index in [2.05, 4.69) is 19.5 Å². The second-order valence-corrected chi connectivity index (χ2v) is 5.73. The zero-order valence-electron chi connectivity index (χ0n) is 12.6. The van der Waals surface area contributed by atoms with Crippen LogP contribution in [0.2, 0.25) is 0 Å². The Bertz CT molecular complexity index is 643. The molecule has 0 saturated carbocycles. The summed E-state index contributed by atoms with van der Waals surface area (Å²) in [5.41, 5.74) is 1.69. The summed E-state index contributed by atoms with van der Waals surface area (Å²) >= 11 is 0. The Balaban J connectivity index is 1.86. The first-order valence-corrected chi connectivity index (χ1v) is 6.99. The molecule has 2 aromatic rings. The van der Waals surface area contributed by atoms with Crippen molar-refractivity contribution in [2.45, 2.75) is 12.6 Å². The molecule has 0 saturated heterocycles. The fraction of sp³-hybridized carbons (Fsp3) is 0.500. The van der Waals surface area contributed by atoms with Gasteiger partial charge in [0.25, 0.3) is 5.91 Å². The third-order valence-corrected chi connectivity index (χ3v) is 3.83. The molecule has 112 valence electrons. The molecule has 0 aromatic carbocycles. The summed E-state index contributed by atoms with van der Waals surface area (Å²) < 4.78 is 3.79. The highest BCUT2D eigenvalue weighted by Crippen LogP contribution is 2.22. The largest absolute Gasteiger partial charge is 0.329 e. The van der Waals surface area contributed by atoms with Gasteiger partial charge in [-0.15, -0.1) is 0 Å². The fourth-order valence-electron chi connectivity index (χ4n) is 2.85. The number of likely N-dealkylation sites (N-methyl/N-ethyl adjacent to an activating group) is 1.